The summed E-state index contributed by atoms with van der Waals surface area (Å²) in [6.07, 6.45) is 4.77. The van der Waals surface area contributed by atoms with E-state index in [1.807, 2.05) is 24.3 Å². The molecule has 7 nitrogen and oxygen atoms in total. The number of para-hydroxylation sites is 1. The van der Waals surface area contributed by atoms with Crippen LogP contribution in [0.1, 0.15) is 30.2 Å². The number of aromatic nitrogens is 1. The molecular formula is C22H20N2O5. The first-order valence-electron chi connectivity index (χ1n) is 9.65. The van der Waals surface area contributed by atoms with Crippen molar-refractivity contribution in [3.8, 4) is 0 Å². The molecule has 1 amide bonds. The molecule has 2 aliphatic rings. The van der Waals surface area contributed by atoms with E-state index in [-0.39, 0.29) is 24.0 Å². The zero-order valence-corrected chi connectivity index (χ0v) is 15.6. The van der Waals surface area contributed by atoms with Crippen molar-refractivity contribution in [3.05, 3.63) is 65.8 Å². The summed E-state index contributed by atoms with van der Waals surface area (Å²) >= 11 is 0. The van der Waals surface area contributed by atoms with E-state index in [0.29, 0.717) is 17.9 Å². The molecule has 2 unspecified atom stereocenters. The molecule has 7 heteroatoms. The van der Waals surface area contributed by atoms with Crippen molar-refractivity contribution in [2.75, 3.05) is 13.2 Å². The average Bonchev–Trinajstić information content (AvgIpc) is 3.52. The third-order valence-corrected chi connectivity index (χ3v) is 5.62. The maximum Gasteiger partial charge on any atom is 0.295 e. The first kappa shape index (κ1) is 17.8. The molecule has 2 aromatic heterocycles. The van der Waals surface area contributed by atoms with Gasteiger partial charge >= 0.3 is 0 Å². The second-order valence-corrected chi connectivity index (χ2v) is 7.35. The lowest BCUT2D eigenvalue weighted by molar-refractivity contribution is -0.141. The Morgan fingerprint density at radius 3 is 2.83 bits per heavy atom. The molecule has 0 spiro atoms. The normalized spacial score (nSPS) is 24.1. The largest absolute Gasteiger partial charge is 0.507 e. The van der Waals surface area contributed by atoms with Crippen LogP contribution < -0.4 is 0 Å². The fraction of sp³-hybridized carbons (Fsp3) is 0.273. The second kappa shape index (κ2) is 6.93. The highest BCUT2D eigenvalue weighted by atomic mass is 16.5. The summed E-state index contributed by atoms with van der Waals surface area (Å²) in [4.78, 5) is 30.4. The van der Waals surface area contributed by atoms with Crippen LogP contribution in [0.3, 0.4) is 0 Å². The predicted octanol–water partition coefficient (Wildman–Crippen LogP) is 3.36. The number of ether oxygens (including phenoxy) is 1. The van der Waals surface area contributed by atoms with Crippen molar-refractivity contribution in [1.29, 1.82) is 0 Å². The third kappa shape index (κ3) is 2.86. The molecule has 0 radical (unpaired) electrons. The van der Waals surface area contributed by atoms with Crippen LogP contribution >= 0.6 is 0 Å². The number of H-pyrrole nitrogens is 1. The third-order valence-electron chi connectivity index (χ3n) is 5.62. The number of benzene rings is 1. The molecule has 0 saturated carbocycles. The number of hydrogen-bond acceptors (Lipinski definition) is 5. The average molecular weight is 392 g/mol. The van der Waals surface area contributed by atoms with Crippen LogP contribution in [0.15, 0.2) is 58.8 Å². The molecule has 148 valence electrons. The Morgan fingerprint density at radius 1 is 1.21 bits per heavy atom. The van der Waals surface area contributed by atoms with Crippen LogP contribution in [0, 0.1) is 0 Å². The number of aliphatic hydroxyl groups is 1. The van der Waals surface area contributed by atoms with E-state index in [2.05, 4.69) is 4.98 Å². The highest BCUT2D eigenvalue weighted by Gasteiger charge is 2.48. The Morgan fingerprint density at radius 2 is 2.07 bits per heavy atom. The van der Waals surface area contributed by atoms with Gasteiger partial charge in [-0.3, -0.25) is 9.59 Å². The van der Waals surface area contributed by atoms with Gasteiger partial charge in [-0.25, -0.2) is 0 Å². The predicted molar refractivity (Wildman–Crippen MR) is 105 cm³/mol. The van der Waals surface area contributed by atoms with Gasteiger partial charge in [0, 0.05) is 35.8 Å². The van der Waals surface area contributed by atoms with E-state index in [4.69, 9.17) is 9.15 Å². The highest BCUT2D eigenvalue weighted by molar-refractivity contribution is 6.46. The maximum absolute atomic E-state index is 13.0. The summed E-state index contributed by atoms with van der Waals surface area (Å²) < 4.78 is 11.2. The molecule has 2 fully saturated rings. The number of furan rings is 1. The van der Waals surface area contributed by atoms with Gasteiger partial charge in [0.1, 0.15) is 17.6 Å². The maximum atomic E-state index is 13.0. The molecule has 1 aromatic carbocycles. The van der Waals surface area contributed by atoms with E-state index in [0.717, 1.165) is 23.7 Å². The fourth-order valence-electron chi connectivity index (χ4n) is 4.23. The summed E-state index contributed by atoms with van der Waals surface area (Å²) in [5.41, 5.74) is 1.34. The lowest BCUT2D eigenvalue weighted by Gasteiger charge is -2.25. The van der Waals surface area contributed by atoms with Crippen LogP contribution in [-0.4, -0.2) is 45.9 Å². The van der Waals surface area contributed by atoms with Crippen LogP contribution in [0.25, 0.3) is 16.7 Å². The topological polar surface area (TPSA) is 95.8 Å². The Labute approximate surface area is 166 Å². The number of nitrogens with zero attached hydrogens (tertiary/aromatic N) is 1. The minimum atomic E-state index is -0.789. The van der Waals surface area contributed by atoms with Crippen molar-refractivity contribution < 1.29 is 23.8 Å². The summed E-state index contributed by atoms with van der Waals surface area (Å²) in [5, 5.41) is 11.9. The number of carbonyl (C=O) groups is 2. The monoisotopic (exact) mass is 392 g/mol. The Hall–Kier alpha value is -3.32. The number of ketones is 1. The molecule has 0 bridgehead atoms. The minimum absolute atomic E-state index is 0.0349. The molecule has 29 heavy (non-hydrogen) atoms. The standard InChI is InChI=1S/C22H20N2O5/c25-20(15-11-23-16-7-2-1-6-14(15)16)18-19(17-8-4-10-29-17)24(22(27)21(18)26)12-13-5-3-9-28-13/h1-2,4,6-8,10-11,13,19,23,25H,3,5,9,12H2/b20-18-. The molecule has 0 aliphatic carbocycles. The van der Waals surface area contributed by atoms with Gasteiger partial charge in [0.05, 0.1) is 17.9 Å². The van der Waals surface area contributed by atoms with Gasteiger partial charge in [0.2, 0.25) is 0 Å². The smallest absolute Gasteiger partial charge is 0.295 e. The lowest BCUT2D eigenvalue weighted by Crippen LogP contribution is -2.36. The molecule has 2 aliphatic heterocycles. The number of likely N-dealkylation sites (tertiary alicyclic amines) is 1. The number of carbonyl (C=O) groups excluding carboxylic acids is 2. The number of hydrogen-bond donors (Lipinski definition) is 2. The summed E-state index contributed by atoms with van der Waals surface area (Å²) in [5.74, 6) is -1.14. The van der Waals surface area contributed by atoms with Gasteiger partial charge < -0.3 is 24.1 Å². The number of nitrogens with one attached hydrogen (secondary N) is 1. The Balaban J connectivity index is 1.64. The molecule has 2 atom stereocenters. The van der Waals surface area contributed by atoms with Gasteiger partial charge in [0.15, 0.2) is 0 Å². The summed E-state index contributed by atoms with van der Waals surface area (Å²) in [7, 11) is 0. The SMILES string of the molecule is O=C1C(=O)N(CC2CCCO2)C(c2ccco2)/C1=C(/O)c1c[nH]c2ccccc12. The molecule has 2 N–H and O–H groups in total. The van der Waals surface area contributed by atoms with Gasteiger partial charge in [-0.05, 0) is 31.0 Å². The molecule has 5 rings (SSSR count). The number of aliphatic hydroxyl groups excluding tert-OH is 1. The lowest BCUT2D eigenvalue weighted by atomic mass is 9.99. The summed E-state index contributed by atoms with van der Waals surface area (Å²) in [6.45, 7) is 0.927. The first-order chi connectivity index (χ1) is 14.1. The molecule has 3 aromatic rings. The first-order valence-corrected chi connectivity index (χ1v) is 9.65. The number of Topliss-reactive ketones (excluding diaryl/α,β-unsaturated/α-hetero) is 1. The van der Waals surface area contributed by atoms with Crippen molar-refractivity contribution in [1.82, 2.24) is 9.88 Å². The fourth-order valence-corrected chi connectivity index (χ4v) is 4.23. The van der Waals surface area contributed by atoms with Crippen LogP contribution in [0.4, 0.5) is 0 Å². The molecular weight excluding hydrogens is 372 g/mol. The minimum Gasteiger partial charge on any atom is -0.507 e. The Kier molecular flexibility index (Phi) is 4.24. The van der Waals surface area contributed by atoms with Crippen molar-refractivity contribution in [3.63, 3.8) is 0 Å². The van der Waals surface area contributed by atoms with E-state index < -0.39 is 17.7 Å². The van der Waals surface area contributed by atoms with Gasteiger partial charge in [-0.1, -0.05) is 18.2 Å². The zero-order valence-electron chi connectivity index (χ0n) is 15.6. The number of fused-ring (bicyclic) bond motifs is 1. The molecule has 2 saturated heterocycles. The van der Waals surface area contributed by atoms with Gasteiger partial charge in [0.25, 0.3) is 11.7 Å². The number of amides is 1. The number of aromatic amines is 1. The van der Waals surface area contributed by atoms with E-state index in [1.165, 1.54) is 11.2 Å². The Bertz CT molecular complexity index is 1110. The summed E-state index contributed by atoms with van der Waals surface area (Å²) in [6, 6.07) is 10.1. The zero-order chi connectivity index (χ0) is 20.0. The van der Waals surface area contributed by atoms with Crippen molar-refractivity contribution in [2.45, 2.75) is 25.0 Å². The quantitative estimate of drug-likeness (QED) is 0.403. The van der Waals surface area contributed by atoms with Crippen LogP contribution in [0.5, 0.6) is 0 Å². The van der Waals surface area contributed by atoms with Crippen LogP contribution in [0.2, 0.25) is 0 Å². The van der Waals surface area contributed by atoms with Gasteiger partial charge in [-0.2, -0.15) is 0 Å². The molecule has 4 heterocycles. The van der Waals surface area contributed by atoms with E-state index in [1.54, 1.807) is 18.3 Å². The highest BCUT2D eigenvalue weighted by Crippen LogP contribution is 2.41. The second-order valence-electron chi connectivity index (χ2n) is 7.35. The van der Waals surface area contributed by atoms with Crippen molar-refractivity contribution >= 4 is 28.4 Å². The van der Waals surface area contributed by atoms with Gasteiger partial charge in [-0.15, -0.1) is 0 Å². The number of rotatable bonds is 4. The van der Waals surface area contributed by atoms with E-state index >= 15 is 0 Å². The van der Waals surface area contributed by atoms with E-state index in [9.17, 15) is 14.7 Å². The van der Waals surface area contributed by atoms with Crippen molar-refractivity contribution in [2.24, 2.45) is 0 Å². The van der Waals surface area contributed by atoms with Crippen LogP contribution in [-0.2, 0) is 14.3 Å².